The topological polar surface area (TPSA) is 67.9 Å². The average molecular weight is 396 g/mol. The van der Waals surface area contributed by atoms with Gasteiger partial charge in [-0.25, -0.2) is 0 Å². The molecule has 2 amide bonds. The van der Waals surface area contributed by atoms with E-state index in [0.29, 0.717) is 29.6 Å². The van der Waals surface area contributed by atoms with E-state index in [9.17, 15) is 9.59 Å². The highest BCUT2D eigenvalue weighted by atomic mass is 16.5. The number of anilines is 2. The quantitative estimate of drug-likeness (QED) is 0.761. The summed E-state index contributed by atoms with van der Waals surface area (Å²) in [6, 6.07) is 13.2. The summed E-state index contributed by atoms with van der Waals surface area (Å²) in [4.78, 5) is 27.3. The number of rotatable bonds is 7. The molecular weight excluding hydrogens is 368 g/mol. The maximum absolute atomic E-state index is 12.8. The fourth-order valence-corrected chi connectivity index (χ4v) is 3.61. The number of hydrogen-bond donors (Lipinski definition) is 1. The van der Waals surface area contributed by atoms with Crippen LogP contribution in [0.15, 0.2) is 42.5 Å². The van der Waals surface area contributed by atoms with Gasteiger partial charge in [0.25, 0.3) is 0 Å². The number of amides is 2. The zero-order chi connectivity index (χ0) is 21.0. The molecule has 6 nitrogen and oxygen atoms in total. The highest BCUT2D eigenvalue weighted by molar-refractivity contribution is 6.04. The molecule has 2 atom stereocenters. The second-order valence-electron chi connectivity index (χ2n) is 7.36. The van der Waals surface area contributed by atoms with Crippen LogP contribution in [0.25, 0.3) is 0 Å². The van der Waals surface area contributed by atoms with Gasteiger partial charge in [-0.2, -0.15) is 0 Å². The first-order chi connectivity index (χ1) is 14.0. The number of para-hydroxylation sites is 1. The van der Waals surface area contributed by atoms with Crippen molar-refractivity contribution in [3.63, 3.8) is 0 Å². The van der Waals surface area contributed by atoms with E-state index in [1.807, 2.05) is 18.2 Å². The van der Waals surface area contributed by atoms with Gasteiger partial charge in [-0.3, -0.25) is 9.59 Å². The molecule has 0 aliphatic carbocycles. The van der Waals surface area contributed by atoms with E-state index in [1.54, 1.807) is 37.3 Å². The molecule has 0 radical (unpaired) electrons. The van der Waals surface area contributed by atoms with Gasteiger partial charge in [0.15, 0.2) is 0 Å². The van der Waals surface area contributed by atoms with Crippen molar-refractivity contribution in [3.8, 4) is 11.5 Å². The second kappa shape index (κ2) is 8.99. The number of carbonyl (C=O) groups excluding carboxylic acids is 2. The molecule has 0 spiro atoms. The molecule has 29 heavy (non-hydrogen) atoms. The largest absolute Gasteiger partial charge is 0.497 e. The monoisotopic (exact) mass is 396 g/mol. The Labute approximate surface area is 171 Å². The average Bonchev–Trinajstić information content (AvgIpc) is 3.14. The van der Waals surface area contributed by atoms with Gasteiger partial charge in [0.05, 0.1) is 20.1 Å². The van der Waals surface area contributed by atoms with Crippen molar-refractivity contribution in [2.75, 3.05) is 31.0 Å². The van der Waals surface area contributed by atoms with Gasteiger partial charge in [-0.15, -0.1) is 0 Å². The Morgan fingerprint density at radius 3 is 2.45 bits per heavy atom. The van der Waals surface area contributed by atoms with E-state index >= 15 is 0 Å². The number of ether oxygens (including phenoxy) is 2. The molecule has 0 saturated carbocycles. The molecule has 1 saturated heterocycles. The molecule has 1 heterocycles. The van der Waals surface area contributed by atoms with E-state index in [-0.39, 0.29) is 18.2 Å². The standard InChI is InChI=1S/C23H28N2O4/c1-5-15(2)20-8-6-7-9-21(20)25-14-16(10-22(25)26)23(27)24-17-11-18(28-3)13-19(12-17)29-4/h6-9,11-13,15-16H,5,10,14H2,1-4H3,(H,24,27)/t15-,16+/m0/s1. The Bertz CT molecular complexity index is 874. The summed E-state index contributed by atoms with van der Waals surface area (Å²) in [7, 11) is 3.12. The summed E-state index contributed by atoms with van der Waals surface area (Å²) in [5.41, 5.74) is 2.63. The SMILES string of the molecule is CC[C@H](C)c1ccccc1N1C[C@H](C(=O)Nc2cc(OC)cc(OC)c2)CC1=O. The predicted octanol–water partition coefficient (Wildman–Crippen LogP) is 4.21. The van der Waals surface area contributed by atoms with Gasteiger partial charge in [0.1, 0.15) is 11.5 Å². The van der Waals surface area contributed by atoms with Gasteiger partial charge in [-0.1, -0.05) is 32.0 Å². The van der Waals surface area contributed by atoms with Crippen molar-refractivity contribution in [2.24, 2.45) is 5.92 Å². The Hall–Kier alpha value is -3.02. The number of carbonyl (C=O) groups is 2. The van der Waals surface area contributed by atoms with Gasteiger partial charge < -0.3 is 19.7 Å². The molecule has 3 rings (SSSR count). The van der Waals surface area contributed by atoms with Crippen LogP contribution in [-0.2, 0) is 9.59 Å². The molecule has 1 aliphatic rings. The number of hydrogen-bond acceptors (Lipinski definition) is 4. The molecule has 0 bridgehead atoms. The minimum absolute atomic E-state index is 0.0240. The lowest BCUT2D eigenvalue weighted by Gasteiger charge is -2.23. The van der Waals surface area contributed by atoms with Crippen LogP contribution in [-0.4, -0.2) is 32.6 Å². The third-order valence-electron chi connectivity index (χ3n) is 5.49. The molecule has 1 fully saturated rings. The van der Waals surface area contributed by atoms with Crippen molar-refractivity contribution < 1.29 is 19.1 Å². The summed E-state index contributed by atoms with van der Waals surface area (Å²) >= 11 is 0. The van der Waals surface area contributed by atoms with Crippen LogP contribution in [0, 0.1) is 5.92 Å². The first-order valence-corrected chi connectivity index (χ1v) is 9.90. The maximum atomic E-state index is 12.8. The van der Waals surface area contributed by atoms with Crippen LogP contribution in [0.4, 0.5) is 11.4 Å². The van der Waals surface area contributed by atoms with Crippen LogP contribution in [0.1, 0.15) is 38.2 Å². The van der Waals surface area contributed by atoms with Crippen LogP contribution in [0.2, 0.25) is 0 Å². The summed E-state index contributed by atoms with van der Waals surface area (Å²) < 4.78 is 10.5. The van der Waals surface area contributed by atoms with Crippen LogP contribution < -0.4 is 19.7 Å². The summed E-state index contributed by atoms with van der Waals surface area (Å²) in [5, 5.41) is 2.90. The summed E-state index contributed by atoms with van der Waals surface area (Å²) in [6.07, 6.45) is 1.18. The lowest BCUT2D eigenvalue weighted by atomic mass is 9.96. The summed E-state index contributed by atoms with van der Waals surface area (Å²) in [6.45, 7) is 4.66. The smallest absolute Gasteiger partial charge is 0.229 e. The molecule has 2 aromatic rings. The van der Waals surface area contributed by atoms with Gasteiger partial charge in [-0.05, 0) is 24.0 Å². The minimum Gasteiger partial charge on any atom is -0.497 e. The second-order valence-corrected chi connectivity index (χ2v) is 7.36. The van der Waals surface area contributed by atoms with E-state index < -0.39 is 5.92 Å². The van der Waals surface area contributed by atoms with Gasteiger partial charge in [0.2, 0.25) is 11.8 Å². The van der Waals surface area contributed by atoms with Crippen LogP contribution in [0.5, 0.6) is 11.5 Å². The first kappa shape index (κ1) is 20.7. The first-order valence-electron chi connectivity index (χ1n) is 9.90. The van der Waals surface area contributed by atoms with Crippen molar-refractivity contribution in [3.05, 3.63) is 48.0 Å². The third-order valence-corrected chi connectivity index (χ3v) is 5.49. The maximum Gasteiger partial charge on any atom is 0.229 e. The highest BCUT2D eigenvalue weighted by Gasteiger charge is 2.36. The number of methoxy groups -OCH3 is 2. The lowest BCUT2D eigenvalue weighted by Crippen LogP contribution is -2.29. The lowest BCUT2D eigenvalue weighted by molar-refractivity contribution is -0.122. The Morgan fingerprint density at radius 2 is 1.83 bits per heavy atom. The van der Waals surface area contributed by atoms with Crippen molar-refractivity contribution in [1.82, 2.24) is 0 Å². The Kier molecular flexibility index (Phi) is 6.42. The molecule has 154 valence electrons. The fraction of sp³-hybridized carbons (Fsp3) is 0.391. The van der Waals surface area contributed by atoms with E-state index in [1.165, 1.54) is 0 Å². The van der Waals surface area contributed by atoms with E-state index in [4.69, 9.17) is 9.47 Å². The molecule has 2 aromatic carbocycles. The number of nitrogens with zero attached hydrogens (tertiary/aromatic N) is 1. The summed E-state index contributed by atoms with van der Waals surface area (Å²) in [5.74, 6) is 0.902. The minimum atomic E-state index is -0.412. The molecule has 6 heteroatoms. The van der Waals surface area contributed by atoms with Crippen LogP contribution in [0.3, 0.4) is 0 Å². The molecule has 1 N–H and O–H groups in total. The Morgan fingerprint density at radius 1 is 1.17 bits per heavy atom. The Balaban J connectivity index is 1.76. The molecule has 0 unspecified atom stereocenters. The van der Waals surface area contributed by atoms with E-state index in [0.717, 1.165) is 17.7 Å². The van der Waals surface area contributed by atoms with E-state index in [2.05, 4.69) is 25.2 Å². The molecule has 0 aromatic heterocycles. The fourth-order valence-electron chi connectivity index (χ4n) is 3.61. The third kappa shape index (κ3) is 4.53. The van der Waals surface area contributed by atoms with Gasteiger partial charge >= 0.3 is 0 Å². The number of benzene rings is 2. The van der Waals surface area contributed by atoms with Crippen molar-refractivity contribution >= 4 is 23.2 Å². The molecule has 1 aliphatic heterocycles. The van der Waals surface area contributed by atoms with Crippen molar-refractivity contribution in [1.29, 1.82) is 0 Å². The van der Waals surface area contributed by atoms with Crippen LogP contribution >= 0.6 is 0 Å². The highest BCUT2D eigenvalue weighted by Crippen LogP contribution is 2.34. The van der Waals surface area contributed by atoms with Crippen molar-refractivity contribution in [2.45, 2.75) is 32.6 Å². The van der Waals surface area contributed by atoms with Gasteiger partial charge in [0, 0.05) is 42.5 Å². The zero-order valence-corrected chi connectivity index (χ0v) is 17.4. The molecular formula is C23H28N2O4. The predicted molar refractivity (Wildman–Crippen MR) is 114 cm³/mol. The zero-order valence-electron chi connectivity index (χ0n) is 17.4. The normalized spacial score (nSPS) is 17.2. The number of nitrogens with one attached hydrogen (secondary N) is 1.